The molecule has 0 spiro atoms. The van der Waals surface area contributed by atoms with Gasteiger partial charge < -0.3 is 4.90 Å². The zero-order valence-electron chi connectivity index (χ0n) is 15.2. The second-order valence-corrected chi connectivity index (χ2v) is 9.50. The van der Waals surface area contributed by atoms with Gasteiger partial charge >= 0.3 is 0 Å². The van der Waals surface area contributed by atoms with Crippen molar-refractivity contribution < 1.29 is 13.2 Å². The standard InChI is InChI=1S/C19H23N3O3S2/c1-2-27(24,25)22-13-11-21(12-14-22)19(23)17-8-6-16(7-9-17)15-26-18-5-3-4-10-20-18/h3-10H,2,11-15H2,1H3. The number of carbonyl (C=O) groups excluding carboxylic acids is 1. The van der Waals surface area contributed by atoms with E-state index in [1.54, 1.807) is 29.8 Å². The van der Waals surface area contributed by atoms with Gasteiger partial charge in [-0.05, 0) is 36.8 Å². The summed E-state index contributed by atoms with van der Waals surface area (Å²) in [5.41, 5.74) is 1.76. The largest absolute Gasteiger partial charge is 0.336 e. The van der Waals surface area contributed by atoms with E-state index < -0.39 is 10.0 Å². The second kappa shape index (κ2) is 8.86. The number of nitrogens with zero attached hydrogens (tertiary/aromatic N) is 3. The quantitative estimate of drug-likeness (QED) is 0.691. The van der Waals surface area contributed by atoms with Gasteiger partial charge in [0.2, 0.25) is 10.0 Å². The molecule has 1 aromatic carbocycles. The topological polar surface area (TPSA) is 70.6 Å². The molecule has 2 heterocycles. The summed E-state index contributed by atoms with van der Waals surface area (Å²) in [5, 5.41) is 0.970. The molecule has 3 rings (SSSR count). The van der Waals surface area contributed by atoms with Gasteiger partial charge in [-0.3, -0.25) is 4.79 Å². The number of piperazine rings is 1. The first-order chi connectivity index (χ1) is 13.0. The summed E-state index contributed by atoms with van der Waals surface area (Å²) in [5.74, 6) is 0.838. The van der Waals surface area contributed by atoms with Crippen LogP contribution < -0.4 is 0 Å². The highest BCUT2D eigenvalue weighted by Crippen LogP contribution is 2.21. The predicted molar refractivity (Wildman–Crippen MR) is 107 cm³/mol. The van der Waals surface area contributed by atoms with Gasteiger partial charge in [-0.15, -0.1) is 11.8 Å². The van der Waals surface area contributed by atoms with Crippen LogP contribution in [0.2, 0.25) is 0 Å². The molecule has 1 saturated heterocycles. The van der Waals surface area contributed by atoms with Crippen molar-refractivity contribution in [2.24, 2.45) is 0 Å². The van der Waals surface area contributed by atoms with Crippen LogP contribution in [0.25, 0.3) is 0 Å². The summed E-state index contributed by atoms with van der Waals surface area (Å²) in [6.07, 6.45) is 1.77. The van der Waals surface area contributed by atoms with Gasteiger partial charge in [-0.25, -0.2) is 13.4 Å². The van der Waals surface area contributed by atoms with E-state index >= 15 is 0 Å². The Morgan fingerprint density at radius 1 is 1.07 bits per heavy atom. The van der Waals surface area contributed by atoms with Gasteiger partial charge in [0.25, 0.3) is 5.91 Å². The molecule has 1 fully saturated rings. The van der Waals surface area contributed by atoms with Crippen LogP contribution in [0.1, 0.15) is 22.8 Å². The predicted octanol–water partition coefficient (Wildman–Crippen LogP) is 2.48. The molecule has 0 bridgehead atoms. The summed E-state index contributed by atoms with van der Waals surface area (Å²) >= 11 is 1.65. The SMILES string of the molecule is CCS(=O)(=O)N1CCN(C(=O)c2ccc(CSc3ccccn3)cc2)CC1. The number of benzene rings is 1. The van der Waals surface area contributed by atoms with Crippen molar-refractivity contribution in [3.8, 4) is 0 Å². The fraction of sp³-hybridized carbons (Fsp3) is 0.368. The molecule has 1 aliphatic heterocycles. The third kappa shape index (κ3) is 5.09. The summed E-state index contributed by atoms with van der Waals surface area (Å²) in [7, 11) is -3.18. The van der Waals surface area contributed by atoms with E-state index in [1.165, 1.54) is 4.31 Å². The zero-order chi connectivity index (χ0) is 19.3. The number of rotatable bonds is 6. The van der Waals surface area contributed by atoms with Crippen LogP contribution in [0.4, 0.5) is 0 Å². The number of hydrogen-bond acceptors (Lipinski definition) is 5. The Morgan fingerprint density at radius 3 is 2.37 bits per heavy atom. The maximum absolute atomic E-state index is 12.7. The van der Waals surface area contributed by atoms with Gasteiger partial charge in [0.05, 0.1) is 10.8 Å². The van der Waals surface area contributed by atoms with Crippen molar-refractivity contribution in [2.75, 3.05) is 31.9 Å². The van der Waals surface area contributed by atoms with Crippen LogP contribution in [0.5, 0.6) is 0 Å². The fourth-order valence-electron chi connectivity index (χ4n) is 2.87. The third-order valence-electron chi connectivity index (χ3n) is 4.51. The number of pyridine rings is 1. The van der Waals surface area contributed by atoms with E-state index in [-0.39, 0.29) is 11.7 Å². The molecule has 0 radical (unpaired) electrons. The summed E-state index contributed by atoms with van der Waals surface area (Å²) < 4.78 is 25.3. The maximum atomic E-state index is 12.7. The molecule has 1 amide bonds. The number of thioether (sulfide) groups is 1. The lowest BCUT2D eigenvalue weighted by Gasteiger charge is -2.33. The Hall–Kier alpha value is -1.90. The van der Waals surface area contributed by atoms with E-state index in [0.717, 1.165) is 16.3 Å². The minimum Gasteiger partial charge on any atom is -0.336 e. The smallest absolute Gasteiger partial charge is 0.253 e. The molecule has 144 valence electrons. The number of amides is 1. The number of hydrogen-bond donors (Lipinski definition) is 0. The van der Waals surface area contributed by atoms with E-state index in [4.69, 9.17) is 0 Å². The molecule has 2 aromatic rings. The van der Waals surface area contributed by atoms with Crippen LogP contribution in [-0.4, -0.2) is 60.4 Å². The van der Waals surface area contributed by atoms with Crippen molar-refractivity contribution >= 4 is 27.7 Å². The molecule has 1 aromatic heterocycles. The van der Waals surface area contributed by atoms with Crippen molar-refractivity contribution in [3.63, 3.8) is 0 Å². The number of aromatic nitrogens is 1. The van der Waals surface area contributed by atoms with Crippen LogP contribution in [-0.2, 0) is 15.8 Å². The molecule has 8 heteroatoms. The summed E-state index contributed by atoms with van der Waals surface area (Å²) in [4.78, 5) is 18.7. The second-order valence-electron chi connectivity index (χ2n) is 6.25. The highest BCUT2D eigenvalue weighted by Gasteiger charge is 2.27. The van der Waals surface area contributed by atoms with Crippen LogP contribution >= 0.6 is 11.8 Å². The third-order valence-corrected chi connectivity index (χ3v) is 7.41. The van der Waals surface area contributed by atoms with Gasteiger partial charge in [-0.1, -0.05) is 18.2 Å². The van der Waals surface area contributed by atoms with Crippen LogP contribution in [0, 0.1) is 0 Å². The minimum absolute atomic E-state index is 0.0486. The first-order valence-corrected chi connectivity index (χ1v) is 11.5. The van der Waals surface area contributed by atoms with Gasteiger partial charge in [0.15, 0.2) is 0 Å². The first-order valence-electron chi connectivity index (χ1n) is 8.89. The van der Waals surface area contributed by atoms with Gasteiger partial charge in [0.1, 0.15) is 0 Å². The number of carbonyl (C=O) groups is 1. The average Bonchev–Trinajstić information content (AvgIpc) is 2.73. The van der Waals surface area contributed by atoms with Crippen molar-refractivity contribution in [1.82, 2.24) is 14.2 Å². The Balaban J connectivity index is 1.55. The number of sulfonamides is 1. The molecular weight excluding hydrogens is 382 g/mol. The van der Waals surface area contributed by atoms with Gasteiger partial charge in [-0.2, -0.15) is 4.31 Å². The van der Waals surface area contributed by atoms with E-state index in [0.29, 0.717) is 31.7 Å². The Kier molecular flexibility index (Phi) is 6.51. The van der Waals surface area contributed by atoms with Crippen LogP contribution in [0.3, 0.4) is 0 Å². The Labute approximate surface area is 164 Å². The lowest BCUT2D eigenvalue weighted by atomic mass is 10.1. The molecule has 6 nitrogen and oxygen atoms in total. The van der Waals surface area contributed by atoms with Crippen molar-refractivity contribution in [1.29, 1.82) is 0 Å². The molecule has 27 heavy (non-hydrogen) atoms. The van der Waals surface area contributed by atoms with E-state index in [1.807, 2.05) is 42.5 Å². The molecule has 0 aliphatic carbocycles. The lowest BCUT2D eigenvalue weighted by Crippen LogP contribution is -2.50. The van der Waals surface area contributed by atoms with E-state index in [2.05, 4.69) is 4.98 Å². The van der Waals surface area contributed by atoms with Crippen LogP contribution in [0.15, 0.2) is 53.7 Å². The van der Waals surface area contributed by atoms with Crippen molar-refractivity contribution in [3.05, 3.63) is 59.8 Å². The normalized spacial score (nSPS) is 15.7. The highest BCUT2D eigenvalue weighted by atomic mass is 32.2. The Morgan fingerprint density at radius 2 is 1.78 bits per heavy atom. The Bertz CT molecular complexity index is 863. The first kappa shape index (κ1) is 19.9. The minimum atomic E-state index is -3.18. The maximum Gasteiger partial charge on any atom is 0.253 e. The average molecular weight is 406 g/mol. The molecule has 0 saturated carbocycles. The van der Waals surface area contributed by atoms with E-state index in [9.17, 15) is 13.2 Å². The van der Waals surface area contributed by atoms with Gasteiger partial charge in [0, 0.05) is 43.7 Å². The zero-order valence-corrected chi connectivity index (χ0v) is 16.9. The summed E-state index contributed by atoms with van der Waals surface area (Å²) in [6.45, 7) is 3.21. The van der Waals surface area contributed by atoms with Crippen molar-refractivity contribution in [2.45, 2.75) is 17.7 Å². The lowest BCUT2D eigenvalue weighted by molar-refractivity contribution is 0.0698. The molecule has 0 unspecified atom stereocenters. The molecule has 1 aliphatic rings. The molecule has 0 atom stereocenters. The molecular formula is C19H23N3O3S2. The summed E-state index contributed by atoms with van der Waals surface area (Å²) in [6, 6.07) is 13.4. The fourth-order valence-corrected chi connectivity index (χ4v) is 4.77. The monoisotopic (exact) mass is 405 g/mol. The molecule has 0 N–H and O–H groups in total. The highest BCUT2D eigenvalue weighted by molar-refractivity contribution is 7.98.